The quantitative estimate of drug-likeness (QED) is 0.429. The second kappa shape index (κ2) is 3.72. The fraction of sp³-hybridized carbons (Fsp3) is 0.500. The molecule has 0 unspecified atom stereocenters. The highest BCUT2D eigenvalue weighted by molar-refractivity contribution is 8.27. The van der Waals surface area contributed by atoms with E-state index < -0.39 is 0 Å². The topological polar surface area (TPSA) is 65.2 Å². The van der Waals surface area contributed by atoms with Crippen molar-refractivity contribution in [3.63, 3.8) is 0 Å². The normalized spacial score (nSPS) is 27.6. The summed E-state index contributed by atoms with van der Waals surface area (Å²) in [7, 11) is 0. The van der Waals surface area contributed by atoms with Crippen LogP contribution >= 0.6 is 23.5 Å². The van der Waals surface area contributed by atoms with E-state index in [4.69, 9.17) is 10.4 Å². The minimum atomic E-state index is 0.402. The maximum absolute atomic E-state index is 8.35. The van der Waals surface area contributed by atoms with Gasteiger partial charge in [0.15, 0.2) is 10.1 Å². The number of oxime groups is 2. The predicted molar refractivity (Wildman–Crippen MR) is 43.4 cm³/mol. The zero-order valence-corrected chi connectivity index (χ0v) is 6.65. The maximum Gasteiger partial charge on any atom is 0.171 e. The molecule has 10 heavy (non-hydrogen) atoms. The molecule has 1 saturated heterocycles. The van der Waals surface area contributed by atoms with Gasteiger partial charge in [-0.1, -0.05) is 33.8 Å². The SMILES string of the molecule is O/N=C1/SCCS/C1=N/O. The van der Waals surface area contributed by atoms with Crippen LogP contribution in [0.3, 0.4) is 0 Å². The van der Waals surface area contributed by atoms with Crippen LogP contribution < -0.4 is 0 Å². The summed E-state index contributed by atoms with van der Waals surface area (Å²) in [6, 6.07) is 0. The van der Waals surface area contributed by atoms with E-state index in [9.17, 15) is 0 Å². The van der Waals surface area contributed by atoms with Gasteiger partial charge in [0.1, 0.15) is 0 Å². The molecule has 2 N–H and O–H groups in total. The Labute approximate surface area is 66.4 Å². The summed E-state index contributed by atoms with van der Waals surface area (Å²) in [5.41, 5.74) is 0. The number of hydrogen-bond acceptors (Lipinski definition) is 6. The second-order valence-electron chi connectivity index (χ2n) is 1.51. The van der Waals surface area contributed by atoms with E-state index in [2.05, 4.69) is 10.3 Å². The largest absolute Gasteiger partial charge is 0.410 e. The van der Waals surface area contributed by atoms with Gasteiger partial charge in [-0.3, -0.25) is 0 Å². The summed E-state index contributed by atoms with van der Waals surface area (Å²) >= 11 is 2.77. The Hall–Kier alpha value is -0.360. The molecule has 0 aliphatic carbocycles. The molecule has 4 nitrogen and oxygen atoms in total. The molecule has 0 saturated carbocycles. The molecular weight excluding hydrogens is 172 g/mol. The van der Waals surface area contributed by atoms with Crippen molar-refractivity contribution < 1.29 is 10.4 Å². The van der Waals surface area contributed by atoms with E-state index in [1.165, 1.54) is 23.5 Å². The highest BCUT2D eigenvalue weighted by Crippen LogP contribution is 2.21. The molecular formula is C4H6N2O2S2. The first-order valence-electron chi connectivity index (χ1n) is 2.58. The lowest BCUT2D eigenvalue weighted by Crippen LogP contribution is -2.14. The molecule has 1 fully saturated rings. The first-order chi connectivity index (χ1) is 4.88. The lowest BCUT2D eigenvalue weighted by atomic mass is 10.8. The molecule has 0 bridgehead atoms. The van der Waals surface area contributed by atoms with E-state index in [0.29, 0.717) is 10.1 Å². The number of hydrogen-bond donors (Lipinski definition) is 2. The molecule has 1 aliphatic heterocycles. The van der Waals surface area contributed by atoms with E-state index in [-0.39, 0.29) is 0 Å². The second-order valence-corrected chi connectivity index (χ2v) is 3.67. The smallest absolute Gasteiger partial charge is 0.171 e. The first-order valence-corrected chi connectivity index (χ1v) is 4.55. The van der Waals surface area contributed by atoms with Crippen molar-refractivity contribution in [3.8, 4) is 0 Å². The van der Waals surface area contributed by atoms with Gasteiger partial charge in [-0.05, 0) is 0 Å². The molecule has 1 aliphatic rings. The van der Waals surface area contributed by atoms with E-state index >= 15 is 0 Å². The molecule has 56 valence electrons. The van der Waals surface area contributed by atoms with Gasteiger partial charge in [0.2, 0.25) is 0 Å². The minimum absolute atomic E-state index is 0.402. The fourth-order valence-corrected chi connectivity index (χ4v) is 2.39. The van der Waals surface area contributed by atoms with E-state index in [1.807, 2.05) is 0 Å². The zero-order chi connectivity index (χ0) is 7.40. The minimum Gasteiger partial charge on any atom is -0.410 e. The highest BCUT2D eigenvalue weighted by atomic mass is 32.2. The van der Waals surface area contributed by atoms with Crippen LogP contribution in [0, 0.1) is 0 Å². The molecule has 0 atom stereocenters. The van der Waals surface area contributed by atoms with Gasteiger partial charge in [0.25, 0.3) is 0 Å². The number of thioether (sulfide) groups is 2. The van der Waals surface area contributed by atoms with Gasteiger partial charge in [-0.2, -0.15) is 0 Å². The predicted octanol–water partition coefficient (Wildman–Crippen LogP) is 1.04. The summed E-state index contributed by atoms with van der Waals surface area (Å²) in [5.74, 6) is 1.78. The van der Waals surface area contributed by atoms with Crippen molar-refractivity contribution in [2.45, 2.75) is 0 Å². The first kappa shape index (κ1) is 7.74. The van der Waals surface area contributed by atoms with Crippen LogP contribution in [0.25, 0.3) is 0 Å². The lowest BCUT2D eigenvalue weighted by Gasteiger charge is -2.09. The molecule has 1 rings (SSSR count). The van der Waals surface area contributed by atoms with Crippen LogP contribution in [-0.2, 0) is 0 Å². The Morgan fingerprint density at radius 3 is 1.70 bits per heavy atom. The third-order valence-corrected chi connectivity index (χ3v) is 3.23. The average Bonchev–Trinajstić information content (AvgIpc) is 2.04. The Balaban J connectivity index is 2.69. The Kier molecular flexibility index (Phi) is 2.88. The summed E-state index contributed by atoms with van der Waals surface area (Å²) in [6.07, 6.45) is 0. The van der Waals surface area contributed by atoms with Crippen LogP contribution in [0.4, 0.5) is 0 Å². The van der Waals surface area contributed by atoms with E-state index in [1.54, 1.807) is 0 Å². The summed E-state index contributed by atoms with van der Waals surface area (Å²) in [4.78, 5) is 0. The Morgan fingerprint density at radius 2 is 1.40 bits per heavy atom. The Morgan fingerprint density at radius 1 is 1.00 bits per heavy atom. The molecule has 0 aromatic rings. The van der Waals surface area contributed by atoms with Crippen molar-refractivity contribution in [2.75, 3.05) is 11.5 Å². The van der Waals surface area contributed by atoms with Crippen LogP contribution in [0.5, 0.6) is 0 Å². The Bertz CT molecular complexity index is 160. The van der Waals surface area contributed by atoms with Crippen LogP contribution in [0.1, 0.15) is 0 Å². The van der Waals surface area contributed by atoms with Crippen molar-refractivity contribution in [1.29, 1.82) is 0 Å². The molecule has 0 aromatic carbocycles. The summed E-state index contributed by atoms with van der Waals surface area (Å²) < 4.78 is 0. The summed E-state index contributed by atoms with van der Waals surface area (Å²) in [6.45, 7) is 0. The third-order valence-electron chi connectivity index (χ3n) is 0.925. The summed E-state index contributed by atoms with van der Waals surface area (Å²) in [5, 5.41) is 23.4. The maximum atomic E-state index is 8.35. The molecule has 0 aromatic heterocycles. The molecule has 1 heterocycles. The van der Waals surface area contributed by atoms with Gasteiger partial charge in [-0.25, -0.2) is 0 Å². The molecule has 6 heteroatoms. The molecule has 0 spiro atoms. The van der Waals surface area contributed by atoms with E-state index in [0.717, 1.165) is 11.5 Å². The van der Waals surface area contributed by atoms with Gasteiger partial charge in [-0.15, -0.1) is 0 Å². The number of nitrogens with zero attached hydrogens (tertiary/aromatic N) is 2. The average molecular weight is 178 g/mol. The number of rotatable bonds is 0. The molecule has 0 radical (unpaired) electrons. The van der Waals surface area contributed by atoms with Gasteiger partial charge < -0.3 is 10.4 Å². The van der Waals surface area contributed by atoms with Crippen LogP contribution in [0.15, 0.2) is 10.3 Å². The van der Waals surface area contributed by atoms with Gasteiger partial charge in [0.05, 0.1) is 0 Å². The van der Waals surface area contributed by atoms with Crippen molar-refractivity contribution in [3.05, 3.63) is 0 Å². The van der Waals surface area contributed by atoms with Gasteiger partial charge in [0, 0.05) is 11.5 Å². The van der Waals surface area contributed by atoms with Crippen molar-refractivity contribution in [2.24, 2.45) is 10.3 Å². The van der Waals surface area contributed by atoms with Crippen molar-refractivity contribution >= 4 is 33.6 Å². The lowest BCUT2D eigenvalue weighted by molar-refractivity contribution is 0.316. The third kappa shape index (κ3) is 1.57. The van der Waals surface area contributed by atoms with Crippen molar-refractivity contribution in [1.82, 2.24) is 0 Å². The zero-order valence-electron chi connectivity index (χ0n) is 5.02. The molecule has 0 amide bonds. The van der Waals surface area contributed by atoms with Gasteiger partial charge >= 0.3 is 0 Å². The van der Waals surface area contributed by atoms with Crippen LogP contribution in [0.2, 0.25) is 0 Å². The fourth-order valence-electron chi connectivity index (χ4n) is 0.543. The standard InChI is InChI=1S/C4H6N2O2S2/c7-5-3-4(6-8)10-2-1-9-3/h7-8H,1-2H2/b5-3+,6-4+. The van der Waals surface area contributed by atoms with Crippen LogP contribution in [-0.4, -0.2) is 32.0 Å². The monoisotopic (exact) mass is 178 g/mol. The highest BCUT2D eigenvalue weighted by Gasteiger charge is 2.16.